The fourth-order valence-electron chi connectivity index (χ4n) is 4.07. The normalized spacial score (nSPS) is 16.0. The lowest BCUT2D eigenvalue weighted by molar-refractivity contribution is 0.0532. The summed E-state index contributed by atoms with van der Waals surface area (Å²) in [4.78, 5) is 21.1. The van der Waals surface area contributed by atoms with Gasteiger partial charge in [0.15, 0.2) is 5.82 Å². The minimum Gasteiger partial charge on any atom is -0.373 e. The van der Waals surface area contributed by atoms with Crippen molar-refractivity contribution in [2.45, 2.75) is 51.7 Å². The van der Waals surface area contributed by atoms with Gasteiger partial charge < -0.3 is 10.4 Å². The molecule has 1 fully saturated rings. The van der Waals surface area contributed by atoms with E-state index >= 15 is 0 Å². The fourth-order valence-corrected chi connectivity index (χ4v) is 4.28. The number of halogens is 1. The Labute approximate surface area is 186 Å². The van der Waals surface area contributed by atoms with Crippen molar-refractivity contribution in [1.82, 2.24) is 25.1 Å². The number of carbonyl (C=O) groups is 1. The number of rotatable bonds is 5. The van der Waals surface area contributed by atoms with Crippen LogP contribution < -0.4 is 5.32 Å². The highest BCUT2D eigenvalue weighted by Crippen LogP contribution is 2.28. The fraction of sp³-hybridized carbons (Fsp3) is 0.391. The molecular weight excluding hydrogens is 414 g/mol. The van der Waals surface area contributed by atoms with Crippen molar-refractivity contribution in [2.24, 2.45) is 5.92 Å². The van der Waals surface area contributed by atoms with Crippen molar-refractivity contribution in [1.29, 1.82) is 0 Å². The van der Waals surface area contributed by atoms with E-state index in [2.05, 4.69) is 20.4 Å². The molecular formula is C23H26ClN5O2. The lowest BCUT2D eigenvalue weighted by Crippen LogP contribution is -2.40. The number of benzene rings is 1. The maximum absolute atomic E-state index is 12.9. The average Bonchev–Trinajstić information content (AvgIpc) is 2.98. The van der Waals surface area contributed by atoms with Crippen LogP contribution >= 0.6 is 11.6 Å². The quantitative estimate of drug-likeness (QED) is 0.456. The van der Waals surface area contributed by atoms with Crippen LogP contribution in [0.15, 0.2) is 42.9 Å². The molecule has 162 valence electrons. The van der Waals surface area contributed by atoms with E-state index in [4.69, 9.17) is 11.6 Å². The van der Waals surface area contributed by atoms with Crippen molar-refractivity contribution in [3.63, 3.8) is 0 Å². The van der Waals surface area contributed by atoms with Gasteiger partial charge in [0, 0.05) is 29.4 Å². The second-order valence-electron chi connectivity index (χ2n) is 8.01. The molecule has 0 bridgehead atoms. The summed E-state index contributed by atoms with van der Waals surface area (Å²) in [6.45, 7) is 1.94. The highest BCUT2D eigenvalue weighted by atomic mass is 35.5. The Morgan fingerprint density at radius 1 is 1.19 bits per heavy atom. The van der Waals surface area contributed by atoms with Crippen LogP contribution in [0.1, 0.15) is 54.6 Å². The topological polar surface area (TPSA) is 92.9 Å². The summed E-state index contributed by atoms with van der Waals surface area (Å²) < 4.78 is 1.72. The summed E-state index contributed by atoms with van der Waals surface area (Å²) in [5.74, 6) is 0.368. The number of hydrogen-bond acceptors (Lipinski definition) is 5. The molecule has 3 aromatic rings. The maximum Gasteiger partial charge on any atom is 0.254 e. The Morgan fingerprint density at radius 2 is 1.97 bits per heavy atom. The predicted octanol–water partition coefficient (Wildman–Crippen LogP) is 4.31. The first-order valence-electron chi connectivity index (χ1n) is 10.6. The van der Waals surface area contributed by atoms with E-state index in [9.17, 15) is 9.90 Å². The van der Waals surface area contributed by atoms with Gasteiger partial charge in [-0.25, -0.2) is 14.6 Å². The molecule has 1 amide bonds. The highest BCUT2D eigenvalue weighted by Gasteiger charge is 2.24. The molecule has 1 unspecified atom stereocenters. The zero-order valence-electron chi connectivity index (χ0n) is 17.5. The Bertz CT molecular complexity index is 1050. The smallest absolute Gasteiger partial charge is 0.254 e. The van der Waals surface area contributed by atoms with Gasteiger partial charge in [-0.3, -0.25) is 4.79 Å². The lowest BCUT2D eigenvalue weighted by atomic mass is 9.98. The van der Waals surface area contributed by atoms with Gasteiger partial charge in [0.25, 0.3) is 5.91 Å². The first-order chi connectivity index (χ1) is 15.0. The molecule has 1 aliphatic carbocycles. The van der Waals surface area contributed by atoms with E-state index in [1.54, 1.807) is 29.1 Å². The maximum atomic E-state index is 12.9. The van der Waals surface area contributed by atoms with Crippen molar-refractivity contribution in [3.8, 4) is 17.1 Å². The van der Waals surface area contributed by atoms with Crippen molar-refractivity contribution >= 4 is 17.5 Å². The molecule has 1 atom stereocenters. The van der Waals surface area contributed by atoms with Gasteiger partial charge in [0.1, 0.15) is 12.6 Å². The molecule has 4 rings (SSSR count). The third kappa shape index (κ3) is 4.94. The Kier molecular flexibility index (Phi) is 6.63. The number of aromatic nitrogens is 4. The predicted molar refractivity (Wildman–Crippen MR) is 119 cm³/mol. The van der Waals surface area contributed by atoms with Crippen molar-refractivity contribution in [2.75, 3.05) is 0 Å². The van der Waals surface area contributed by atoms with Crippen LogP contribution in [0.2, 0.25) is 5.02 Å². The van der Waals surface area contributed by atoms with Crippen LogP contribution in [0.4, 0.5) is 0 Å². The molecule has 8 heteroatoms. The van der Waals surface area contributed by atoms with Gasteiger partial charge in [0.2, 0.25) is 0 Å². The number of nitrogens with one attached hydrogen (secondary N) is 1. The highest BCUT2D eigenvalue weighted by molar-refractivity contribution is 6.34. The van der Waals surface area contributed by atoms with E-state index in [0.717, 1.165) is 36.9 Å². The van der Waals surface area contributed by atoms with Gasteiger partial charge >= 0.3 is 0 Å². The second kappa shape index (κ2) is 9.58. The van der Waals surface area contributed by atoms with Gasteiger partial charge in [-0.15, -0.1) is 0 Å². The summed E-state index contributed by atoms with van der Waals surface area (Å²) in [6, 6.07) is 8.92. The van der Waals surface area contributed by atoms with Crippen LogP contribution in [0.5, 0.6) is 0 Å². The second-order valence-corrected chi connectivity index (χ2v) is 8.42. The standard InChI is InChI=1S/C23H26ClN5O2/c1-15-12-20(28-29(15)21-10-11-25-14-26-21)17-8-9-19(24)18(13-17)23(31)27-22(30)16-6-4-2-3-5-7-16/h8-14,16,22,30H,2-7H2,1H3,(H,27,31). The number of aryl methyl sites for hydroxylation is 1. The van der Waals surface area contributed by atoms with Gasteiger partial charge in [0.05, 0.1) is 16.3 Å². The Hall–Kier alpha value is -2.77. The molecule has 2 N–H and O–H groups in total. The van der Waals surface area contributed by atoms with E-state index in [0.29, 0.717) is 22.1 Å². The lowest BCUT2D eigenvalue weighted by Gasteiger charge is -2.22. The number of aliphatic hydroxyl groups excluding tert-OH is 1. The molecule has 31 heavy (non-hydrogen) atoms. The molecule has 7 nitrogen and oxygen atoms in total. The molecule has 1 aromatic carbocycles. The van der Waals surface area contributed by atoms with Crippen LogP contribution in [0.3, 0.4) is 0 Å². The zero-order valence-corrected chi connectivity index (χ0v) is 18.2. The molecule has 0 radical (unpaired) electrons. The van der Waals surface area contributed by atoms with E-state index in [1.807, 2.05) is 19.1 Å². The first kappa shape index (κ1) is 21.5. The minimum atomic E-state index is -0.871. The van der Waals surface area contributed by atoms with Crippen LogP contribution in [0, 0.1) is 12.8 Å². The van der Waals surface area contributed by atoms with Gasteiger partial charge in [-0.1, -0.05) is 43.4 Å². The van der Waals surface area contributed by atoms with Crippen LogP contribution in [-0.4, -0.2) is 37.0 Å². The zero-order chi connectivity index (χ0) is 21.8. The molecule has 1 aliphatic rings. The third-order valence-electron chi connectivity index (χ3n) is 5.80. The van der Waals surface area contributed by atoms with Crippen LogP contribution in [-0.2, 0) is 0 Å². The summed E-state index contributed by atoms with van der Waals surface area (Å²) in [7, 11) is 0. The number of hydrogen-bond donors (Lipinski definition) is 2. The Balaban J connectivity index is 1.55. The summed E-state index contributed by atoms with van der Waals surface area (Å²) in [6.07, 6.45) is 8.66. The van der Waals surface area contributed by atoms with E-state index < -0.39 is 6.23 Å². The SMILES string of the molecule is Cc1cc(-c2ccc(Cl)c(C(=O)NC(O)C3CCCCCC3)c2)nn1-c1ccncn1. The number of carbonyl (C=O) groups excluding carboxylic acids is 1. The summed E-state index contributed by atoms with van der Waals surface area (Å²) in [5, 5.41) is 18.3. The molecule has 2 aromatic heterocycles. The molecule has 1 saturated carbocycles. The van der Waals surface area contributed by atoms with E-state index in [1.165, 1.54) is 19.2 Å². The van der Waals surface area contributed by atoms with Crippen molar-refractivity contribution in [3.05, 3.63) is 59.1 Å². The van der Waals surface area contributed by atoms with Gasteiger partial charge in [-0.05, 0) is 38.0 Å². The van der Waals surface area contributed by atoms with E-state index in [-0.39, 0.29) is 11.8 Å². The largest absolute Gasteiger partial charge is 0.373 e. The monoisotopic (exact) mass is 439 g/mol. The average molecular weight is 440 g/mol. The first-order valence-corrected chi connectivity index (χ1v) is 11.0. The number of amides is 1. The summed E-state index contributed by atoms with van der Waals surface area (Å²) >= 11 is 6.32. The number of nitrogens with zero attached hydrogens (tertiary/aromatic N) is 4. The molecule has 0 spiro atoms. The van der Waals surface area contributed by atoms with Gasteiger partial charge in [-0.2, -0.15) is 5.10 Å². The minimum absolute atomic E-state index is 0.0830. The molecule has 0 saturated heterocycles. The Morgan fingerprint density at radius 3 is 2.68 bits per heavy atom. The van der Waals surface area contributed by atoms with Crippen LogP contribution in [0.25, 0.3) is 17.1 Å². The summed E-state index contributed by atoms with van der Waals surface area (Å²) in [5.41, 5.74) is 2.68. The molecule has 0 aliphatic heterocycles. The number of aliphatic hydroxyl groups is 1. The third-order valence-corrected chi connectivity index (χ3v) is 6.13. The molecule has 2 heterocycles. The van der Waals surface area contributed by atoms with Crippen molar-refractivity contribution < 1.29 is 9.90 Å².